The topological polar surface area (TPSA) is 96.0 Å². The summed E-state index contributed by atoms with van der Waals surface area (Å²) in [6.07, 6.45) is 1.14. The van der Waals surface area contributed by atoms with Crippen LogP contribution in [0.4, 0.5) is 0 Å². The van der Waals surface area contributed by atoms with E-state index in [0.717, 1.165) is 8.66 Å². The minimum absolute atomic E-state index is 0.0539. The highest BCUT2D eigenvalue weighted by Gasteiger charge is 2.32. The molecule has 1 saturated heterocycles. The van der Waals surface area contributed by atoms with Crippen LogP contribution >= 0.6 is 27.3 Å². The third kappa shape index (κ3) is 3.00. The molecule has 20 heavy (non-hydrogen) atoms. The van der Waals surface area contributed by atoms with Crippen LogP contribution in [0.3, 0.4) is 0 Å². The molecule has 0 unspecified atom stereocenters. The molecule has 3 N–H and O–H groups in total. The van der Waals surface area contributed by atoms with Gasteiger partial charge in [0.25, 0.3) is 0 Å². The molecule has 6 nitrogen and oxygen atoms in total. The summed E-state index contributed by atoms with van der Waals surface area (Å²) in [6, 6.07) is 1.64. The fraction of sp³-hybridized carbons (Fsp3) is 0.545. The van der Waals surface area contributed by atoms with E-state index in [1.807, 2.05) is 0 Å². The van der Waals surface area contributed by atoms with Gasteiger partial charge in [-0.25, -0.2) is 8.42 Å². The van der Waals surface area contributed by atoms with Crippen molar-refractivity contribution in [1.29, 1.82) is 0 Å². The number of amidine groups is 1. The van der Waals surface area contributed by atoms with Gasteiger partial charge in [-0.1, -0.05) is 5.16 Å². The lowest BCUT2D eigenvalue weighted by Gasteiger charge is -2.30. The first kappa shape index (κ1) is 15.7. The van der Waals surface area contributed by atoms with Crippen LogP contribution in [0.2, 0.25) is 0 Å². The predicted octanol–water partition coefficient (Wildman–Crippen LogP) is 1.97. The van der Waals surface area contributed by atoms with Crippen LogP contribution in [-0.2, 0) is 10.0 Å². The zero-order valence-electron chi connectivity index (χ0n) is 10.9. The molecule has 112 valence electrons. The van der Waals surface area contributed by atoms with Gasteiger partial charge in [-0.05, 0) is 41.8 Å². The highest BCUT2D eigenvalue weighted by Crippen LogP contribution is 2.33. The Morgan fingerprint density at radius 1 is 1.55 bits per heavy atom. The van der Waals surface area contributed by atoms with Crippen LogP contribution in [0.1, 0.15) is 17.7 Å². The van der Waals surface area contributed by atoms with Crippen molar-refractivity contribution in [3.05, 3.63) is 14.7 Å². The van der Waals surface area contributed by atoms with Gasteiger partial charge in [0.1, 0.15) is 5.84 Å². The van der Waals surface area contributed by atoms with Crippen LogP contribution in [0.5, 0.6) is 0 Å². The Bertz CT molecular complexity index is 619. The van der Waals surface area contributed by atoms with E-state index in [-0.39, 0.29) is 11.8 Å². The summed E-state index contributed by atoms with van der Waals surface area (Å²) in [7, 11) is -3.46. The average Bonchev–Trinajstić information content (AvgIpc) is 2.77. The van der Waals surface area contributed by atoms with Crippen molar-refractivity contribution < 1.29 is 13.6 Å². The van der Waals surface area contributed by atoms with E-state index in [0.29, 0.717) is 30.8 Å². The number of hydrogen-bond acceptors (Lipinski definition) is 5. The zero-order chi connectivity index (χ0) is 14.9. The standard InChI is InChI=1S/C11H16BrN3O3S2/c1-7-9(6-10(12)19-7)20(17,18)15-4-2-8(3-5-15)11(13)14-16/h6,8,16H,2-5H2,1H3,(H2,13,14). The zero-order valence-corrected chi connectivity index (χ0v) is 14.1. The summed E-state index contributed by atoms with van der Waals surface area (Å²) in [5.41, 5.74) is 5.57. The lowest BCUT2D eigenvalue weighted by molar-refractivity contribution is 0.291. The van der Waals surface area contributed by atoms with E-state index in [9.17, 15) is 8.42 Å². The van der Waals surface area contributed by atoms with Gasteiger partial charge in [0.05, 0.1) is 8.68 Å². The summed E-state index contributed by atoms with van der Waals surface area (Å²) in [5.74, 6) is 0.123. The molecule has 2 heterocycles. The largest absolute Gasteiger partial charge is 0.409 e. The lowest BCUT2D eigenvalue weighted by Crippen LogP contribution is -2.41. The van der Waals surface area contributed by atoms with Crippen LogP contribution in [0, 0.1) is 12.8 Å². The summed E-state index contributed by atoms with van der Waals surface area (Å²) >= 11 is 4.72. The first-order chi connectivity index (χ1) is 9.36. The van der Waals surface area contributed by atoms with Gasteiger partial charge < -0.3 is 10.9 Å². The molecule has 1 aromatic heterocycles. The molecule has 1 aliphatic heterocycles. The quantitative estimate of drug-likeness (QED) is 0.362. The van der Waals surface area contributed by atoms with Gasteiger partial charge in [0.2, 0.25) is 10.0 Å². The molecule has 0 radical (unpaired) electrons. The maximum atomic E-state index is 12.6. The minimum atomic E-state index is -3.46. The molecule has 0 spiro atoms. The maximum absolute atomic E-state index is 12.6. The number of piperidine rings is 1. The molecule has 1 aromatic rings. The Balaban J connectivity index is 2.16. The smallest absolute Gasteiger partial charge is 0.244 e. The Morgan fingerprint density at radius 3 is 2.60 bits per heavy atom. The molecule has 9 heteroatoms. The monoisotopic (exact) mass is 381 g/mol. The molecule has 0 amide bonds. The van der Waals surface area contributed by atoms with Gasteiger partial charge in [-0.15, -0.1) is 11.3 Å². The van der Waals surface area contributed by atoms with Crippen LogP contribution in [0.15, 0.2) is 19.9 Å². The maximum Gasteiger partial charge on any atom is 0.244 e. The second-order valence-electron chi connectivity index (χ2n) is 4.67. The molecule has 0 atom stereocenters. The Morgan fingerprint density at radius 2 is 2.15 bits per heavy atom. The average molecular weight is 382 g/mol. The van der Waals surface area contributed by atoms with Crippen molar-refractivity contribution >= 4 is 43.1 Å². The van der Waals surface area contributed by atoms with Crippen LogP contribution in [0.25, 0.3) is 0 Å². The number of aryl methyl sites for hydroxylation is 1. The lowest BCUT2D eigenvalue weighted by atomic mass is 9.97. The summed E-state index contributed by atoms with van der Waals surface area (Å²) in [5, 5.41) is 11.7. The highest BCUT2D eigenvalue weighted by atomic mass is 79.9. The third-order valence-electron chi connectivity index (χ3n) is 3.45. The van der Waals surface area contributed by atoms with E-state index >= 15 is 0 Å². The number of hydrogen-bond donors (Lipinski definition) is 2. The number of nitrogens with two attached hydrogens (primary N) is 1. The molecule has 0 bridgehead atoms. The van der Waals surface area contributed by atoms with Crippen molar-refractivity contribution in [1.82, 2.24) is 4.31 Å². The number of thiophene rings is 1. The van der Waals surface area contributed by atoms with Gasteiger partial charge in [-0.2, -0.15) is 4.31 Å². The highest BCUT2D eigenvalue weighted by molar-refractivity contribution is 9.11. The van der Waals surface area contributed by atoms with Gasteiger partial charge in [-0.3, -0.25) is 0 Å². The Kier molecular flexibility index (Phi) is 4.73. The number of halogens is 1. The second kappa shape index (κ2) is 6.00. The molecule has 0 aromatic carbocycles. The third-order valence-corrected chi connectivity index (χ3v) is 7.16. The van der Waals surface area contributed by atoms with Crippen molar-refractivity contribution in [2.45, 2.75) is 24.7 Å². The minimum Gasteiger partial charge on any atom is -0.409 e. The van der Waals surface area contributed by atoms with Crippen LogP contribution < -0.4 is 5.73 Å². The number of nitrogens with zero attached hydrogens (tertiary/aromatic N) is 2. The predicted molar refractivity (Wildman–Crippen MR) is 81.6 cm³/mol. The Labute approximate surface area is 130 Å². The SMILES string of the molecule is Cc1sc(Br)cc1S(=O)(=O)N1CCC(C(N)=NO)CC1. The second-order valence-corrected chi connectivity index (χ2v) is 9.22. The van der Waals surface area contributed by atoms with E-state index in [4.69, 9.17) is 10.9 Å². The van der Waals surface area contributed by atoms with E-state index in [2.05, 4.69) is 21.1 Å². The summed E-state index contributed by atoms with van der Waals surface area (Å²) in [6.45, 7) is 2.57. The first-order valence-corrected chi connectivity index (χ1v) is 9.14. The van der Waals surface area contributed by atoms with Gasteiger partial charge >= 0.3 is 0 Å². The first-order valence-electron chi connectivity index (χ1n) is 6.09. The van der Waals surface area contributed by atoms with Crippen molar-refractivity contribution in [2.75, 3.05) is 13.1 Å². The number of oxime groups is 1. The molecular formula is C11H16BrN3O3S2. The van der Waals surface area contributed by atoms with Gasteiger partial charge in [0.15, 0.2) is 0 Å². The molecule has 1 fully saturated rings. The fourth-order valence-electron chi connectivity index (χ4n) is 2.30. The number of rotatable bonds is 3. The molecule has 0 saturated carbocycles. The van der Waals surface area contributed by atoms with E-state index in [1.54, 1.807) is 13.0 Å². The van der Waals surface area contributed by atoms with Gasteiger partial charge in [0, 0.05) is 23.9 Å². The fourth-order valence-corrected chi connectivity index (χ4v) is 6.15. The normalized spacial score (nSPS) is 19.4. The number of sulfonamides is 1. The van der Waals surface area contributed by atoms with E-state index < -0.39 is 10.0 Å². The summed E-state index contributed by atoms with van der Waals surface area (Å²) in [4.78, 5) is 1.13. The molecular weight excluding hydrogens is 366 g/mol. The van der Waals surface area contributed by atoms with E-state index in [1.165, 1.54) is 15.6 Å². The van der Waals surface area contributed by atoms with Crippen molar-refractivity contribution in [2.24, 2.45) is 16.8 Å². The molecule has 2 rings (SSSR count). The molecule has 0 aliphatic carbocycles. The van der Waals surface area contributed by atoms with Crippen molar-refractivity contribution in [3.63, 3.8) is 0 Å². The van der Waals surface area contributed by atoms with Crippen LogP contribution in [-0.4, -0.2) is 36.9 Å². The Hall–Kier alpha value is -0.640. The summed E-state index contributed by atoms with van der Waals surface area (Å²) < 4.78 is 27.4. The molecule has 1 aliphatic rings. The van der Waals surface area contributed by atoms with Crippen molar-refractivity contribution in [3.8, 4) is 0 Å².